The van der Waals surface area contributed by atoms with Crippen LogP contribution in [0.1, 0.15) is 27.4 Å². The van der Waals surface area contributed by atoms with Gasteiger partial charge in [0.05, 0.1) is 11.6 Å². The van der Waals surface area contributed by atoms with E-state index in [1.54, 1.807) is 6.07 Å². The monoisotopic (exact) mass is 303 g/mol. The second-order valence-electron chi connectivity index (χ2n) is 6.23. The highest BCUT2D eigenvalue weighted by molar-refractivity contribution is 5.97. The maximum absolute atomic E-state index is 12.5. The molecule has 0 spiro atoms. The number of rotatable bonds is 1. The van der Waals surface area contributed by atoms with Gasteiger partial charge in [-0.2, -0.15) is 5.26 Å². The summed E-state index contributed by atoms with van der Waals surface area (Å²) in [5, 5.41) is 15.5. The second-order valence-corrected chi connectivity index (χ2v) is 6.23. The van der Waals surface area contributed by atoms with E-state index >= 15 is 0 Å². The molecule has 2 aromatic carbocycles. The number of hydrogen-bond acceptors (Lipinski definition) is 3. The lowest BCUT2D eigenvalue weighted by molar-refractivity contribution is 0.0952. The van der Waals surface area contributed by atoms with Crippen molar-refractivity contribution >= 4 is 5.91 Å². The minimum atomic E-state index is 0.00712. The van der Waals surface area contributed by atoms with Gasteiger partial charge in [0.2, 0.25) is 0 Å². The molecule has 0 bridgehead atoms. The van der Waals surface area contributed by atoms with E-state index in [0.717, 1.165) is 41.9 Å². The van der Waals surface area contributed by atoms with Crippen LogP contribution in [0.15, 0.2) is 42.5 Å². The molecule has 0 saturated carbocycles. The van der Waals surface area contributed by atoms with Gasteiger partial charge in [0.15, 0.2) is 0 Å². The Morgan fingerprint density at radius 2 is 1.91 bits per heavy atom. The molecule has 1 amide bonds. The van der Waals surface area contributed by atoms with Crippen molar-refractivity contribution in [3.8, 4) is 17.2 Å². The van der Waals surface area contributed by atoms with Crippen LogP contribution in [0.4, 0.5) is 0 Å². The van der Waals surface area contributed by atoms with E-state index in [9.17, 15) is 4.79 Å². The van der Waals surface area contributed by atoms with Gasteiger partial charge in [0.25, 0.3) is 5.91 Å². The van der Waals surface area contributed by atoms with Crippen molar-refractivity contribution in [3.63, 3.8) is 0 Å². The first-order chi connectivity index (χ1) is 11.3. The van der Waals surface area contributed by atoms with Gasteiger partial charge in [-0.3, -0.25) is 4.79 Å². The number of nitrogens with zero attached hydrogens (tertiary/aromatic N) is 1. The Bertz CT molecular complexity index is 822. The van der Waals surface area contributed by atoms with Crippen LogP contribution in [0.3, 0.4) is 0 Å². The quantitative estimate of drug-likeness (QED) is 0.849. The van der Waals surface area contributed by atoms with Crippen molar-refractivity contribution in [1.82, 2.24) is 10.6 Å². The second kappa shape index (κ2) is 5.53. The van der Waals surface area contributed by atoms with Crippen LogP contribution in [0.2, 0.25) is 0 Å². The van der Waals surface area contributed by atoms with E-state index in [-0.39, 0.29) is 5.91 Å². The Hall–Kier alpha value is -2.64. The molecule has 2 aliphatic heterocycles. The molecule has 1 fully saturated rings. The number of carbonyl (C=O) groups excluding carboxylic acids is 1. The fourth-order valence-electron chi connectivity index (χ4n) is 3.65. The molecule has 0 aliphatic carbocycles. The van der Waals surface area contributed by atoms with Crippen molar-refractivity contribution in [3.05, 3.63) is 59.2 Å². The molecule has 2 heterocycles. The van der Waals surface area contributed by atoms with Crippen LogP contribution in [-0.2, 0) is 0 Å². The van der Waals surface area contributed by atoms with Gasteiger partial charge >= 0.3 is 0 Å². The third kappa shape index (κ3) is 2.39. The van der Waals surface area contributed by atoms with Crippen molar-refractivity contribution in [1.29, 1.82) is 5.26 Å². The molecule has 2 aliphatic rings. The van der Waals surface area contributed by atoms with Crippen molar-refractivity contribution in [2.45, 2.75) is 5.92 Å². The summed E-state index contributed by atoms with van der Waals surface area (Å²) in [6.07, 6.45) is 0. The maximum Gasteiger partial charge on any atom is 0.251 e. The molecule has 0 radical (unpaired) electrons. The number of carbonyl (C=O) groups is 1. The smallest absolute Gasteiger partial charge is 0.251 e. The minimum absolute atomic E-state index is 0.00712. The zero-order valence-electron chi connectivity index (χ0n) is 12.7. The molecule has 1 saturated heterocycles. The van der Waals surface area contributed by atoms with Crippen LogP contribution in [0.5, 0.6) is 0 Å². The Labute approximate surface area is 135 Å². The van der Waals surface area contributed by atoms with Gasteiger partial charge in [-0.15, -0.1) is 0 Å². The lowest BCUT2D eigenvalue weighted by Gasteiger charge is -2.16. The van der Waals surface area contributed by atoms with Gasteiger partial charge in [-0.1, -0.05) is 24.3 Å². The van der Waals surface area contributed by atoms with E-state index in [1.165, 1.54) is 0 Å². The fraction of sp³-hybridized carbons (Fsp3) is 0.263. The topological polar surface area (TPSA) is 64.9 Å². The Morgan fingerprint density at radius 1 is 1.04 bits per heavy atom. The summed E-state index contributed by atoms with van der Waals surface area (Å²) in [7, 11) is 0. The standard InChI is InChI=1S/C19H17N3O/c20-8-12-2-1-3-13(6-12)14-4-5-16-17(7-14)19(23)22-10-15-9-21-11-18(15)16/h1-7,15,18,21H,9-11H2,(H,22,23). The van der Waals surface area contributed by atoms with Crippen LogP contribution in [-0.4, -0.2) is 25.5 Å². The molecule has 4 nitrogen and oxygen atoms in total. The summed E-state index contributed by atoms with van der Waals surface area (Å²) in [5.41, 5.74) is 4.46. The average molecular weight is 303 g/mol. The van der Waals surface area contributed by atoms with Crippen molar-refractivity contribution in [2.24, 2.45) is 5.92 Å². The van der Waals surface area contributed by atoms with Crippen molar-refractivity contribution < 1.29 is 4.79 Å². The number of nitrogens with one attached hydrogen (secondary N) is 2. The molecular formula is C19H17N3O. The number of fused-ring (bicyclic) bond motifs is 3. The molecule has 2 unspecified atom stereocenters. The Balaban J connectivity index is 1.81. The summed E-state index contributed by atoms with van der Waals surface area (Å²) in [5.74, 6) is 0.865. The highest BCUT2D eigenvalue weighted by Crippen LogP contribution is 2.34. The summed E-state index contributed by atoms with van der Waals surface area (Å²) >= 11 is 0. The van der Waals surface area contributed by atoms with E-state index < -0.39 is 0 Å². The van der Waals surface area contributed by atoms with Gasteiger partial charge in [-0.05, 0) is 40.8 Å². The average Bonchev–Trinajstić information content (AvgIpc) is 3.03. The van der Waals surface area contributed by atoms with E-state index in [2.05, 4.69) is 28.8 Å². The number of hydrogen-bond donors (Lipinski definition) is 2. The molecule has 4 heteroatoms. The summed E-state index contributed by atoms with van der Waals surface area (Å²) in [4.78, 5) is 12.5. The molecule has 2 N–H and O–H groups in total. The van der Waals surface area contributed by atoms with Crippen molar-refractivity contribution in [2.75, 3.05) is 19.6 Å². The Kier molecular flexibility index (Phi) is 3.36. The molecule has 23 heavy (non-hydrogen) atoms. The van der Waals surface area contributed by atoms with Gasteiger partial charge in [0.1, 0.15) is 0 Å². The van der Waals surface area contributed by atoms with Crippen LogP contribution in [0.25, 0.3) is 11.1 Å². The number of benzene rings is 2. The van der Waals surface area contributed by atoms with Gasteiger partial charge in [0, 0.05) is 31.1 Å². The SMILES string of the molecule is N#Cc1cccc(-c2ccc3c(c2)C(=O)NCC2CNCC32)c1. The zero-order valence-corrected chi connectivity index (χ0v) is 12.7. The molecular weight excluding hydrogens is 286 g/mol. The third-order valence-corrected chi connectivity index (χ3v) is 4.89. The highest BCUT2D eigenvalue weighted by atomic mass is 16.1. The first-order valence-electron chi connectivity index (χ1n) is 7.89. The zero-order chi connectivity index (χ0) is 15.8. The fourth-order valence-corrected chi connectivity index (χ4v) is 3.65. The Morgan fingerprint density at radius 3 is 2.78 bits per heavy atom. The van der Waals surface area contributed by atoms with Crippen LogP contribution >= 0.6 is 0 Å². The molecule has 114 valence electrons. The largest absolute Gasteiger partial charge is 0.352 e. The normalized spacial score (nSPS) is 22.5. The van der Waals surface area contributed by atoms with E-state index in [0.29, 0.717) is 17.4 Å². The third-order valence-electron chi connectivity index (χ3n) is 4.89. The van der Waals surface area contributed by atoms with Crippen LogP contribution < -0.4 is 10.6 Å². The molecule has 2 atom stereocenters. The number of nitriles is 1. The maximum atomic E-state index is 12.5. The summed E-state index contributed by atoms with van der Waals surface area (Å²) in [6.45, 7) is 2.61. The van der Waals surface area contributed by atoms with E-state index in [1.807, 2.05) is 24.3 Å². The van der Waals surface area contributed by atoms with Crippen LogP contribution in [0, 0.1) is 17.2 Å². The molecule has 0 aromatic heterocycles. The van der Waals surface area contributed by atoms with Gasteiger partial charge in [-0.25, -0.2) is 0 Å². The predicted molar refractivity (Wildman–Crippen MR) is 88.0 cm³/mol. The minimum Gasteiger partial charge on any atom is -0.352 e. The van der Waals surface area contributed by atoms with Gasteiger partial charge < -0.3 is 10.6 Å². The first kappa shape index (κ1) is 14.0. The first-order valence-corrected chi connectivity index (χ1v) is 7.89. The lowest BCUT2D eigenvalue weighted by Crippen LogP contribution is -2.28. The summed E-state index contributed by atoms with van der Waals surface area (Å²) in [6, 6.07) is 15.7. The molecule has 4 rings (SSSR count). The van der Waals surface area contributed by atoms with E-state index in [4.69, 9.17) is 5.26 Å². The lowest BCUT2D eigenvalue weighted by atomic mass is 9.86. The highest BCUT2D eigenvalue weighted by Gasteiger charge is 2.34. The summed E-state index contributed by atoms with van der Waals surface area (Å²) < 4.78 is 0. The predicted octanol–water partition coefficient (Wildman–Crippen LogP) is 2.27. The molecule has 2 aromatic rings. The number of amides is 1.